The average Bonchev–Trinajstić information content (AvgIpc) is 3.50. The van der Waals surface area contributed by atoms with Crippen molar-refractivity contribution >= 4 is 34.4 Å². The largest absolute Gasteiger partial charge is 0.478 e. The Balaban J connectivity index is 1.12. The lowest BCUT2D eigenvalue weighted by molar-refractivity contribution is -0.0591. The Labute approximate surface area is 238 Å². The fourth-order valence-corrected chi connectivity index (χ4v) is 5.21. The van der Waals surface area contributed by atoms with E-state index in [1.54, 1.807) is 24.3 Å². The summed E-state index contributed by atoms with van der Waals surface area (Å²) in [5.74, 6) is -1.30. The van der Waals surface area contributed by atoms with Gasteiger partial charge in [0.2, 0.25) is 0 Å². The van der Waals surface area contributed by atoms with Gasteiger partial charge in [-0.2, -0.15) is 4.98 Å². The zero-order valence-corrected chi connectivity index (χ0v) is 22.7. The first-order valence-electron chi connectivity index (χ1n) is 13.2. The molecule has 214 valence electrons. The second kappa shape index (κ2) is 11.6. The third-order valence-corrected chi connectivity index (χ3v) is 7.56. The van der Waals surface area contributed by atoms with Crippen molar-refractivity contribution in [3.8, 4) is 6.01 Å². The summed E-state index contributed by atoms with van der Waals surface area (Å²) in [6.45, 7) is 3.07. The number of carboxylic acid groups (broad SMARTS) is 1. The first-order valence-corrected chi connectivity index (χ1v) is 13.6. The molecule has 41 heavy (non-hydrogen) atoms. The summed E-state index contributed by atoms with van der Waals surface area (Å²) in [4.78, 5) is 26.6. The molecule has 2 aromatic heterocycles. The van der Waals surface area contributed by atoms with Crippen LogP contribution in [0.5, 0.6) is 6.01 Å². The van der Waals surface area contributed by atoms with Crippen molar-refractivity contribution in [2.75, 3.05) is 25.0 Å². The molecule has 0 spiro atoms. The molecule has 10 nitrogen and oxygen atoms in total. The van der Waals surface area contributed by atoms with Crippen molar-refractivity contribution in [2.45, 2.75) is 44.7 Å². The van der Waals surface area contributed by atoms with Crippen LogP contribution in [0.1, 0.15) is 34.6 Å². The third kappa shape index (κ3) is 6.09. The molecule has 2 atom stereocenters. The predicted molar refractivity (Wildman–Crippen MR) is 146 cm³/mol. The van der Waals surface area contributed by atoms with Gasteiger partial charge in [-0.25, -0.2) is 23.5 Å². The normalized spacial score (nSPS) is 18.9. The van der Waals surface area contributed by atoms with Gasteiger partial charge in [-0.15, -0.1) is 0 Å². The number of carboxylic acids is 1. The van der Waals surface area contributed by atoms with E-state index in [0.29, 0.717) is 19.6 Å². The molecule has 0 bridgehead atoms. The molecule has 2 saturated heterocycles. The van der Waals surface area contributed by atoms with Crippen LogP contribution in [0.15, 0.2) is 42.6 Å². The number of hydrogen-bond acceptors (Lipinski definition) is 8. The Morgan fingerprint density at radius 3 is 2.78 bits per heavy atom. The first-order chi connectivity index (χ1) is 19.8. The number of aromatic carboxylic acids is 1. The highest BCUT2D eigenvalue weighted by atomic mass is 35.5. The van der Waals surface area contributed by atoms with E-state index in [4.69, 9.17) is 26.1 Å². The molecular weight excluding hydrogens is 558 g/mol. The van der Waals surface area contributed by atoms with Crippen LogP contribution >= 0.6 is 11.6 Å². The first kappa shape index (κ1) is 27.3. The van der Waals surface area contributed by atoms with Gasteiger partial charge in [0.25, 0.3) is 0 Å². The minimum atomic E-state index is -0.989. The molecule has 0 saturated carbocycles. The van der Waals surface area contributed by atoms with Gasteiger partial charge < -0.3 is 24.5 Å². The quantitative estimate of drug-likeness (QED) is 0.278. The van der Waals surface area contributed by atoms with E-state index in [9.17, 15) is 18.7 Å². The number of nitrogens with one attached hydrogen (secondary N) is 1. The molecule has 6 rings (SSSR count). The number of imidazole rings is 1. The number of nitrogens with zero attached hydrogens (tertiary/aromatic N) is 5. The number of likely N-dealkylation sites (tertiary alicyclic amines) is 1. The number of halogens is 3. The summed E-state index contributed by atoms with van der Waals surface area (Å²) >= 11 is 5.79. The lowest BCUT2D eigenvalue weighted by Gasteiger charge is -2.28. The second-order valence-corrected chi connectivity index (χ2v) is 10.6. The van der Waals surface area contributed by atoms with E-state index in [1.807, 2.05) is 4.57 Å². The maximum atomic E-state index is 14.6. The number of fused-ring (bicyclic) bond motifs is 1. The monoisotopic (exact) mass is 584 g/mol. The number of rotatable bonds is 10. The Kier molecular flexibility index (Phi) is 7.69. The van der Waals surface area contributed by atoms with Crippen molar-refractivity contribution in [1.82, 2.24) is 24.4 Å². The molecule has 2 N–H and O–H groups in total. The second-order valence-electron chi connectivity index (χ2n) is 10.2. The van der Waals surface area contributed by atoms with Gasteiger partial charge in [0, 0.05) is 36.3 Å². The molecule has 4 aromatic rings. The number of benzene rings is 2. The Bertz CT molecular complexity index is 1600. The average molecular weight is 585 g/mol. The summed E-state index contributed by atoms with van der Waals surface area (Å²) in [5, 5.41) is 12.9. The van der Waals surface area contributed by atoms with Crippen molar-refractivity contribution in [1.29, 1.82) is 0 Å². The number of ether oxygens (including phenoxy) is 2. The highest BCUT2D eigenvalue weighted by molar-refractivity contribution is 6.30. The van der Waals surface area contributed by atoms with Crippen LogP contribution in [-0.2, 0) is 24.4 Å². The molecule has 0 amide bonds. The molecular formula is C28H27ClF2N6O4. The van der Waals surface area contributed by atoms with Crippen molar-refractivity contribution in [2.24, 2.45) is 0 Å². The molecule has 2 fully saturated rings. The minimum absolute atomic E-state index is 0.00833. The number of aromatic nitrogens is 4. The smallest absolute Gasteiger partial charge is 0.335 e. The van der Waals surface area contributed by atoms with Gasteiger partial charge in [0.1, 0.15) is 18.2 Å². The molecule has 13 heteroatoms. The highest BCUT2D eigenvalue weighted by Gasteiger charge is 2.27. The maximum absolute atomic E-state index is 14.6. The molecule has 4 heterocycles. The minimum Gasteiger partial charge on any atom is -0.478 e. The van der Waals surface area contributed by atoms with E-state index >= 15 is 0 Å². The maximum Gasteiger partial charge on any atom is 0.335 e. The lowest BCUT2D eigenvalue weighted by atomic mass is 10.1. The van der Waals surface area contributed by atoms with E-state index in [1.165, 1.54) is 12.1 Å². The van der Waals surface area contributed by atoms with E-state index in [0.717, 1.165) is 49.0 Å². The topological polar surface area (TPSA) is 115 Å². The molecule has 2 aliphatic rings. The summed E-state index contributed by atoms with van der Waals surface area (Å²) in [7, 11) is 0. The molecule has 2 aliphatic heterocycles. The van der Waals surface area contributed by atoms with E-state index in [2.05, 4.69) is 20.2 Å². The Morgan fingerprint density at radius 1 is 1.17 bits per heavy atom. The van der Waals surface area contributed by atoms with Gasteiger partial charge in [-0.05, 0) is 43.2 Å². The van der Waals surface area contributed by atoms with Crippen LogP contribution in [-0.4, -0.2) is 67.3 Å². The molecule has 2 aromatic carbocycles. The van der Waals surface area contributed by atoms with Crippen LogP contribution in [0, 0.1) is 11.6 Å². The van der Waals surface area contributed by atoms with Gasteiger partial charge >= 0.3 is 12.0 Å². The van der Waals surface area contributed by atoms with Crippen LogP contribution in [0.4, 0.5) is 14.6 Å². The van der Waals surface area contributed by atoms with Crippen molar-refractivity contribution in [3.63, 3.8) is 0 Å². The third-order valence-electron chi connectivity index (χ3n) is 7.33. The fourth-order valence-electron chi connectivity index (χ4n) is 5.05. The van der Waals surface area contributed by atoms with Crippen LogP contribution < -0.4 is 10.1 Å². The van der Waals surface area contributed by atoms with Crippen LogP contribution in [0.3, 0.4) is 0 Å². The standard InChI is InChI=1S/C28H27ClF2N6O4/c29-18-3-1-17(21(30)10-18)15-41-28-32-11-22(31)26(35-28)33-19-5-7-36(12-19)14-25-34-23-4-2-16(27(38)39)9-24(23)37(25)13-20-6-8-40-20/h1-4,9-11,19-20H,5-8,12-15H2,(H,38,39)(H,32,33,35)/t19-,20+/m1/s1. The van der Waals surface area contributed by atoms with Gasteiger partial charge in [0.15, 0.2) is 11.6 Å². The van der Waals surface area contributed by atoms with Gasteiger partial charge in [-0.3, -0.25) is 4.90 Å². The summed E-state index contributed by atoms with van der Waals surface area (Å²) in [6, 6.07) is 9.02. The Hall–Kier alpha value is -3.87. The predicted octanol–water partition coefficient (Wildman–Crippen LogP) is 4.51. The van der Waals surface area contributed by atoms with E-state index < -0.39 is 17.6 Å². The van der Waals surface area contributed by atoms with E-state index in [-0.39, 0.29) is 46.7 Å². The molecule has 0 unspecified atom stereocenters. The summed E-state index contributed by atoms with van der Waals surface area (Å²) in [5.41, 5.74) is 1.97. The SMILES string of the molecule is O=C(O)c1ccc2nc(CN3CC[C@@H](Nc4nc(OCc5ccc(Cl)cc5F)ncc4F)C3)n(C[C@@H]3CCO3)c2c1. The highest BCUT2D eigenvalue weighted by Crippen LogP contribution is 2.25. The van der Waals surface area contributed by atoms with Gasteiger partial charge in [-0.1, -0.05) is 17.7 Å². The number of carbonyl (C=O) groups is 1. The summed E-state index contributed by atoms with van der Waals surface area (Å²) in [6.07, 6.45) is 2.77. The Morgan fingerprint density at radius 2 is 2.02 bits per heavy atom. The summed E-state index contributed by atoms with van der Waals surface area (Å²) < 4.78 is 41.8. The zero-order valence-electron chi connectivity index (χ0n) is 21.9. The van der Waals surface area contributed by atoms with Gasteiger partial charge in [0.05, 0.1) is 42.0 Å². The lowest BCUT2D eigenvalue weighted by Crippen LogP contribution is -2.33. The number of anilines is 1. The van der Waals surface area contributed by atoms with Crippen LogP contribution in [0.25, 0.3) is 11.0 Å². The fraction of sp³-hybridized carbons (Fsp3) is 0.357. The zero-order chi connectivity index (χ0) is 28.5. The number of hydrogen-bond donors (Lipinski definition) is 2. The molecule has 0 aliphatic carbocycles. The molecule has 0 radical (unpaired) electrons. The van der Waals surface area contributed by atoms with Crippen LogP contribution in [0.2, 0.25) is 5.02 Å². The van der Waals surface area contributed by atoms with Crippen molar-refractivity contribution in [3.05, 3.63) is 76.2 Å². The van der Waals surface area contributed by atoms with Crippen molar-refractivity contribution < 1.29 is 28.2 Å².